The summed E-state index contributed by atoms with van der Waals surface area (Å²) >= 11 is 0. The second kappa shape index (κ2) is 7.39. The van der Waals surface area contributed by atoms with E-state index in [0.29, 0.717) is 12.8 Å². The lowest BCUT2D eigenvalue weighted by molar-refractivity contribution is -0.142. The minimum absolute atomic E-state index is 0.160. The summed E-state index contributed by atoms with van der Waals surface area (Å²) < 4.78 is 0. The highest BCUT2D eigenvalue weighted by atomic mass is 16.4. The van der Waals surface area contributed by atoms with Crippen LogP contribution in [0.15, 0.2) is 0 Å². The van der Waals surface area contributed by atoms with Gasteiger partial charge in [0, 0.05) is 6.42 Å². The Morgan fingerprint density at radius 2 is 1.78 bits per heavy atom. The van der Waals surface area contributed by atoms with Crippen molar-refractivity contribution in [2.45, 2.75) is 66.3 Å². The summed E-state index contributed by atoms with van der Waals surface area (Å²) in [6, 6.07) is -0.757. The molecule has 4 heteroatoms. The van der Waals surface area contributed by atoms with Gasteiger partial charge in [-0.25, -0.2) is 4.79 Å². The summed E-state index contributed by atoms with van der Waals surface area (Å²) in [5, 5.41) is 11.6. The van der Waals surface area contributed by atoms with Crippen molar-refractivity contribution in [3.05, 3.63) is 0 Å². The molecule has 0 saturated heterocycles. The van der Waals surface area contributed by atoms with Crippen LogP contribution in [-0.4, -0.2) is 23.0 Å². The van der Waals surface area contributed by atoms with Gasteiger partial charge in [0.05, 0.1) is 0 Å². The van der Waals surface area contributed by atoms with Gasteiger partial charge >= 0.3 is 5.97 Å². The van der Waals surface area contributed by atoms with Gasteiger partial charge in [-0.1, -0.05) is 34.6 Å². The Kier molecular flexibility index (Phi) is 6.96. The molecule has 0 aliphatic heterocycles. The topological polar surface area (TPSA) is 66.4 Å². The number of hydrogen-bond acceptors (Lipinski definition) is 2. The molecule has 18 heavy (non-hydrogen) atoms. The number of carbonyl (C=O) groups is 2. The van der Waals surface area contributed by atoms with E-state index < -0.39 is 12.0 Å². The van der Waals surface area contributed by atoms with E-state index in [0.717, 1.165) is 12.8 Å². The van der Waals surface area contributed by atoms with E-state index in [9.17, 15) is 9.59 Å². The van der Waals surface area contributed by atoms with Crippen molar-refractivity contribution in [3.8, 4) is 0 Å². The number of carboxylic acid groups (broad SMARTS) is 1. The third-order valence-electron chi connectivity index (χ3n) is 2.67. The lowest BCUT2D eigenvalue weighted by Gasteiger charge is -2.19. The fraction of sp³-hybridized carbons (Fsp3) is 0.857. The monoisotopic (exact) mass is 257 g/mol. The molecule has 0 heterocycles. The van der Waals surface area contributed by atoms with Crippen molar-refractivity contribution in [3.63, 3.8) is 0 Å². The van der Waals surface area contributed by atoms with Crippen LogP contribution in [0.1, 0.15) is 60.3 Å². The van der Waals surface area contributed by atoms with E-state index in [1.807, 2.05) is 13.8 Å². The molecule has 0 spiro atoms. The molecule has 0 fully saturated rings. The largest absolute Gasteiger partial charge is 0.480 e. The van der Waals surface area contributed by atoms with Crippen molar-refractivity contribution in [1.82, 2.24) is 5.32 Å². The van der Waals surface area contributed by atoms with Crippen LogP contribution >= 0.6 is 0 Å². The van der Waals surface area contributed by atoms with Gasteiger partial charge < -0.3 is 10.4 Å². The van der Waals surface area contributed by atoms with Crippen LogP contribution in [0.2, 0.25) is 0 Å². The number of aliphatic carboxylic acids is 1. The molecule has 2 N–H and O–H groups in total. The summed E-state index contributed by atoms with van der Waals surface area (Å²) in [7, 11) is 0. The Morgan fingerprint density at radius 3 is 2.17 bits per heavy atom. The van der Waals surface area contributed by atoms with Crippen molar-refractivity contribution in [1.29, 1.82) is 0 Å². The second-order valence-electron chi connectivity index (χ2n) is 6.50. The summed E-state index contributed by atoms with van der Waals surface area (Å²) in [6.07, 6.45) is 2.63. The summed E-state index contributed by atoms with van der Waals surface area (Å²) in [5.74, 6) is -0.860. The predicted molar refractivity (Wildman–Crippen MR) is 72.3 cm³/mol. The molecule has 0 rings (SSSR count). The van der Waals surface area contributed by atoms with Crippen LogP contribution < -0.4 is 5.32 Å². The maximum atomic E-state index is 11.7. The van der Waals surface area contributed by atoms with Gasteiger partial charge in [-0.15, -0.1) is 0 Å². The molecule has 0 bridgehead atoms. The van der Waals surface area contributed by atoms with Crippen LogP contribution in [0.3, 0.4) is 0 Å². The molecule has 0 radical (unpaired) electrons. The molecule has 0 aromatic rings. The molecule has 0 aromatic carbocycles. The molecule has 1 atom stereocenters. The van der Waals surface area contributed by atoms with Gasteiger partial charge in [-0.2, -0.15) is 0 Å². The van der Waals surface area contributed by atoms with Crippen LogP contribution in [0, 0.1) is 11.3 Å². The quantitative estimate of drug-likeness (QED) is 0.737. The van der Waals surface area contributed by atoms with Crippen molar-refractivity contribution in [2.24, 2.45) is 11.3 Å². The first-order chi connectivity index (χ1) is 8.11. The minimum atomic E-state index is -0.951. The van der Waals surface area contributed by atoms with Gasteiger partial charge in [0.2, 0.25) is 5.91 Å². The predicted octanol–water partition coefficient (Wildman–Crippen LogP) is 2.82. The standard InChI is InChI=1S/C14H27NO3/c1-10(2)9-11(13(17)18)15-12(16)7-6-8-14(3,4)5/h10-11H,6-9H2,1-5H3,(H,15,16)(H,17,18)/t11-/m1/s1. The first kappa shape index (κ1) is 16.9. The minimum Gasteiger partial charge on any atom is -0.480 e. The SMILES string of the molecule is CC(C)C[C@@H](NC(=O)CCCC(C)(C)C)C(=O)O. The van der Waals surface area contributed by atoms with Crippen molar-refractivity contribution >= 4 is 11.9 Å². The van der Waals surface area contributed by atoms with E-state index in [1.165, 1.54) is 0 Å². The van der Waals surface area contributed by atoms with Gasteiger partial charge in [0.25, 0.3) is 0 Å². The number of rotatable bonds is 7. The Bertz CT molecular complexity index is 279. The Hall–Kier alpha value is -1.06. The van der Waals surface area contributed by atoms with Crippen LogP contribution in [-0.2, 0) is 9.59 Å². The maximum Gasteiger partial charge on any atom is 0.326 e. The fourth-order valence-electron chi connectivity index (χ4n) is 1.74. The van der Waals surface area contributed by atoms with E-state index in [1.54, 1.807) is 0 Å². The molecule has 0 unspecified atom stereocenters. The van der Waals surface area contributed by atoms with Crippen LogP contribution in [0.5, 0.6) is 0 Å². The van der Waals surface area contributed by atoms with Gasteiger partial charge in [-0.05, 0) is 30.6 Å². The lowest BCUT2D eigenvalue weighted by atomic mass is 9.90. The molecule has 4 nitrogen and oxygen atoms in total. The Morgan fingerprint density at radius 1 is 1.22 bits per heavy atom. The molecule has 0 aliphatic carbocycles. The molecule has 0 aliphatic rings. The zero-order chi connectivity index (χ0) is 14.3. The summed E-state index contributed by atoms with van der Waals surface area (Å²) in [4.78, 5) is 22.6. The number of carbonyl (C=O) groups excluding carboxylic acids is 1. The molecular formula is C14H27NO3. The van der Waals surface area contributed by atoms with Gasteiger partial charge in [0.15, 0.2) is 0 Å². The first-order valence-corrected chi connectivity index (χ1v) is 6.64. The normalized spacial score (nSPS) is 13.4. The molecule has 0 saturated carbocycles. The highest BCUT2D eigenvalue weighted by molar-refractivity contribution is 5.83. The van der Waals surface area contributed by atoms with E-state index in [-0.39, 0.29) is 17.2 Å². The van der Waals surface area contributed by atoms with Crippen molar-refractivity contribution in [2.75, 3.05) is 0 Å². The number of hydrogen-bond donors (Lipinski definition) is 2. The maximum absolute atomic E-state index is 11.7. The van der Waals surface area contributed by atoms with E-state index in [2.05, 4.69) is 26.1 Å². The van der Waals surface area contributed by atoms with Gasteiger partial charge in [0.1, 0.15) is 6.04 Å². The third kappa shape index (κ3) is 9.02. The second-order valence-corrected chi connectivity index (χ2v) is 6.50. The molecule has 106 valence electrons. The van der Waals surface area contributed by atoms with E-state index in [4.69, 9.17) is 5.11 Å². The van der Waals surface area contributed by atoms with Crippen LogP contribution in [0.4, 0.5) is 0 Å². The average molecular weight is 257 g/mol. The number of carboxylic acids is 1. The first-order valence-electron chi connectivity index (χ1n) is 6.64. The Labute approximate surface area is 110 Å². The van der Waals surface area contributed by atoms with Crippen LogP contribution in [0.25, 0.3) is 0 Å². The molecule has 1 amide bonds. The number of amides is 1. The fourth-order valence-corrected chi connectivity index (χ4v) is 1.74. The molecular weight excluding hydrogens is 230 g/mol. The Balaban J connectivity index is 4.07. The summed E-state index contributed by atoms with van der Waals surface area (Å²) in [5.41, 5.74) is 0.213. The summed E-state index contributed by atoms with van der Waals surface area (Å²) in [6.45, 7) is 10.3. The average Bonchev–Trinajstić information content (AvgIpc) is 2.13. The molecule has 0 aromatic heterocycles. The lowest BCUT2D eigenvalue weighted by Crippen LogP contribution is -2.41. The highest BCUT2D eigenvalue weighted by Gasteiger charge is 2.21. The number of nitrogens with one attached hydrogen (secondary N) is 1. The highest BCUT2D eigenvalue weighted by Crippen LogP contribution is 2.21. The zero-order valence-electron chi connectivity index (χ0n) is 12.2. The zero-order valence-corrected chi connectivity index (χ0v) is 12.2. The van der Waals surface area contributed by atoms with E-state index >= 15 is 0 Å². The van der Waals surface area contributed by atoms with Gasteiger partial charge in [-0.3, -0.25) is 4.79 Å². The third-order valence-corrected chi connectivity index (χ3v) is 2.67. The van der Waals surface area contributed by atoms with Crippen molar-refractivity contribution < 1.29 is 14.7 Å². The smallest absolute Gasteiger partial charge is 0.326 e.